The van der Waals surface area contributed by atoms with E-state index in [1.54, 1.807) is 4.90 Å². The summed E-state index contributed by atoms with van der Waals surface area (Å²) >= 11 is 0. The van der Waals surface area contributed by atoms with E-state index in [4.69, 9.17) is 4.74 Å². The van der Waals surface area contributed by atoms with E-state index in [2.05, 4.69) is 0 Å². The minimum atomic E-state index is -0.842. The van der Waals surface area contributed by atoms with Crippen LogP contribution in [0.5, 0.6) is 5.75 Å². The second-order valence-electron chi connectivity index (χ2n) is 7.01. The number of rotatable bonds is 4. The highest BCUT2D eigenvalue weighted by Gasteiger charge is 2.55. The summed E-state index contributed by atoms with van der Waals surface area (Å²) in [7, 11) is 1.94. The van der Waals surface area contributed by atoms with Crippen molar-refractivity contribution >= 4 is 11.9 Å². The summed E-state index contributed by atoms with van der Waals surface area (Å²) < 4.78 is 5.63. The van der Waals surface area contributed by atoms with E-state index < -0.39 is 11.4 Å². The highest BCUT2D eigenvalue weighted by Crippen LogP contribution is 2.42. The lowest BCUT2D eigenvalue weighted by atomic mass is 9.73. The molecule has 2 aliphatic rings. The summed E-state index contributed by atoms with van der Waals surface area (Å²) in [5, 5.41) is 9.76. The first kappa shape index (κ1) is 16.8. The van der Waals surface area contributed by atoms with Crippen LogP contribution in [0, 0.1) is 18.3 Å². The molecule has 2 saturated heterocycles. The number of aryl methyl sites for hydroxylation is 1. The molecule has 1 amide bonds. The number of fused-ring (bicyclic) bond motifs is 1. The standard InChI is InChI=1S/C18H24N2O4/c1-13-5-3-4-6-15(13)24-10-16(21)20-9-14-7-8-19(2)11-18(14,12-20)17(22)23/h3-6,14H,7-12H2,1-2H3,(H,22,23)/t14-,18-/m0/s1. The Morgan fingerprint density at radius 2 is 2.08 bits per heavy atom. The van der Waals surface area contributed by atoms with Crippen molar-refractivity contribution in [2.45, 2.75) is 13.3 Å². The van der Waals surface area contributed by atoms with Gasteiger partial charge in [-0.15, -0.1) is 0 Å². The third-order valence-corrected chi connectivity index (χ3v) is 5.33. The van der Waals surface area contributed by atoms with Gasteiger partial charge in [-0.25, -0.2) is 0 Å². The number of amides is 1. The minimum Gasteiger partial charge on any atom is -0.484 e. The zero-order chi connectivity index (χ0) is 17.3. The van der Waals surface area contributed by atoms with Crippen molar-refractivity contribution in [3.8, 4) is 5.75 Å². The van der Waals surface area contributed by atoms with Crippen LogP contribution in [0.15, 0.2) is 24.3 Å². The van der Waals surface area contributed by atoms with Crippen LogP contribution < -0.4 is 4.74 Å². The molecule has 0 spiro atoms. The molecule has 0 aromatic heterocycles. The number of aliphatic carboxylic acids is 1. The molecule has 2 heterocycles. The van der Waals surface area contributed by atoms with Crippen molar-refractivity contribution < 1.29 is 19.4 Å². The Balaban J connectivity index is 1.67. The van der Waals surface area contributed by atoms with E-state index in [9.17, 15) is 14.7 Å². The lowest BCUT2D eigenvalue weighted by Crippen LogP contribution is -2.52. The van der Waals surface area contributed by atoms with Gasteiger partial charge < -0.3 is 19.6 Å². The van der Waals surface area contributed by atoms with Crippen LogP contribution in [0.25, 0.3) is 0 Å². The second-order valence-corrected chi connectivity index (χ2v) is 7.01. The number of piperidine rings is 1. The fourth-order valence-corrected chi connectivity index (χ4v) is 3.91. The number of hydrogen-bond acceptors (Lipinski definition) is 4. The molecule has 2 aliphatic heterocycles. The molecule has 0 bridgehead atoms. The van der Waals surface area contributed by atoms with Crippen LogP contribution in [-0.4, -0.2) is 66.6 Å². The molecule has 1 aromatic carbocycles. The Bertz CT molecular complexity index is 648. The van der Waals surface area contributed by atoms with Crippen LogP contribution >= 0.6 is 0 Å². The minimum absolute atomic E-state index is 0.0219. The number of likely N-dealkylation sites (tertiary alicyclic amines) is 2. The molecule has 3 rings (SSSR count). The number of benzene rings is 1. The van der Waals surface area contributed by atoms with E-state index >= 15 is 0 Å². The molecule has 24 heavy (non-hydrogen) atoms. The number of para-hydroxylation sites is 1. The third kappa shape index (κ3) is 2.98. The molecule has 1 aromatic rings. The molecule has 2 fully saturated rings. The third-order valence-electron chi connectivity index (χ3n) is 5.33. The lowest BCUT2D eigenvalue weighted by molar-refractivity contribution is -0.154. The maximum atomic E-state index is 12.5. The summed E-state index contributed by atoms with van der Waals surface area (Å²) in [6, 6.07) is 7.55. The Hall–Kier alpha value is -2.08. The first-order chi connectivity index (χ1) is 11.4. The van der Waals surface area contributed by atoms with Gasteiger partial charge in [-0.05, 0) is 44.5 Å². The van der Waals surface area contributed by atoms with Crippen molar-refractivity contribution in [1.29, 1.82) is 0 Å². The van der Waals surface area contributed by atoms with Crippen LogP contribution in [0.1, 0.15) is 12.0 Å². The number of nitrogens with zero attached hydrogens (tertiary/aromatic N) is 2. The summed E-state index contributed by atoms with van der Waals surface area (Å²) in [6.45, 7) is 4.03. The molecule has 0 radical (unpaired) electrons. The van der Waals surface area contributed by atoms with Gasteiger partial charge in [0, 0.05) is 19.6 Å². The Kier molecular flexibility index (Phi) is 4.49. The predicted octanol–water partition coefficient (Wildman–Crippen LogP) is 1.24. The van der Waals surface area contributed by atoms with Gasteiger partial charge in [-0.1, -0.05) is 18.2 Å². The van der Waals surface area contributed by atoms with Crippen LogP contribution in [0.4, 0.5) is 0 Å². The summed E-state index contributed by atoms with van der Waals surface area (Å²) in [4.78, 5) is 28.1. The Morgan fingerprint density at radius 3 is 2.79 bits per heavy atom. The van der Waals surface area contributed by atoms with Crippen LogP contribution in [0.2, 0.25) is 0 Å². The Morgan fingerprint density at radius 1 is 1.33 bits per heavy atom. The van der Waals surface area contributed by atoms with Gasteiger partial charge in [0.05, 0.1) is 0 Å². The van der Waals surface area contributed by atoms with Crippen LogP contribution in [-0.2, 0) is 9.59 Å². The predicted molar refractivity (Wildman–Crippen MR) is 88.9 cm³/mol. The topological polar surface area (TPSA) is 70.1 Å². The second kappa shape index (κ2) is 6.43. The first-order valence-corrected chi connectivity index (χ1v) is 8.30. The first-order valence-electron chi connectivity index (χ1n) is 8.30. The maximum absolute atomic E-state index is 12.5. The fraction of sp³-hybridized carbons (Fsp3) is 0.556. The van der Waals surface area contributed by atoms with Crippen molar-refractivity contribution in [2.75, 3.05) is 39.8 Å². The Labute approximate surface area is 142 Å². The SMILES string of the molecule is Cc1ccccc1OCC(=O)N1C[C@@H]2CCN(C)C[C@]2(C(=O)O)C1. The number of carbonyl (C=O) groups is 2. The maximum Gasteiger partial charge on any atom is 0.313 e. The van der Waals surface area contributed by atoms with Crippen molar-refractivity contribution in [3.05, 3.63) is 29.8 Å². The summed E-state index contributed by atoms with van der Waals surface area (Å²) in [5.74, 6) is -0.228. The molecular weight excluding hydrogens is 308 g/mol. The van der Waals surface area contributed by atoms with Gasteiger partial charge in [-0.2, -0.15) is 0 Å². The van der Waals surface area contributed by atoms with Gasteiger partial charge in [0.1, 0.15) is 11.2 Å². The van der Waals surface area contributed by atoms with Gasteiger partial charge >= 0.3 is 5.97 Å². The van der Waals surface area contributed by atoms with E-state index in [-0.39, 0.29) is 25.0 Å². The van der Waals surface area contributed by atoms with Crippen molar-refractivity contribution in [2.24, 2.45) is 11.3 Å². The molecule has 1 N–H and O–H groups in total. The zero-order valence-electron chi connectivity index (χ0n) is 14.2. The zero-order valence-corrected chi connectivity index (χ0v) is 14.2. The molecule has 130 valence electrons. The van der Waals surface area contributed by atoms with E-state index in [1.165, 1.54) is 0 Å². The number of carboxylic acid groups (broad SMARTS) is 1. The average Bonchev–Trinajstić information content (AvgIpc) is 2.94. The van der Waals surface area contributed by atoms with Gasteiger partial charge in [0.15, 0.2) is 6.61 Å². The average molecular weight is 332 g/mol. The van der Waals surface area contributed by atoms with E-state index in [0.717, 1.165) is 18.5 Å². The molecule has 2 atom stereocenters. The lowest BCUT2D eigenvalue weighted by Gasteiger charge is -2.39. The molecule has 6 nitrogen and oxygen atoms in total. The molecule has 0 aliphatic carbocycles. The molecule has 0 unspecified atom stereocenters. The van der Waals surface area contributed by atoms with E-state index in [0.29, 0.717) is 18.8 Å². The molecule has 6 heteroatoms. The fourth-order valence-electron chi connectivity index (χ4n) is 3.91. The van der Waals surface area contributed by atoms with Gasteiger partial charge in [0.2, 0.25) is 0 Å². The number of carboxylic acids is 1. The normalized spacial score (nSPS) is 26.9. The molecule has 0 saturated carbocycles. The van der Waals surface area contributed by atoms with Crippen molar-refractivity contribution in [1.82, 2.24) is 9.80 Å². The largest absolute Gasteiger partial charge is 0.484 e. The highest BCUT2D eigenvalue weighted by atomic mass is 16.5. The smallest absolute Gasteiger partial charge is 0.313 e. The monoisotopic (exact) mass is 332 g/mol. The van der Waals surface area contributed by atoms with Gasteiger partial charge in [0.25, 0.3) is 5.91 Å². The quantitative estimate of drug-likeness (QED) is 0.898. The molecular formula is C18H24N2O4. The number of hydrogen-bond donors (Lipinski definition) is 1. The number of ether oxygens (including phenoxy) is 1. The van der Waals surface area contributed by atoms with Gasteiger partial charge in [-0.3, -0.25) is 9.59 Å². The number of carbonyl (C=O) groups excluding carboxylic acids is 1. The summed E-state index contributed by atoms with van der Waals surface area (Å²) in [6.07, 6.45) is 0.811. The van der Waals surface area contributed by atoms with E-state index in [1.807, 2.05) is 43.1 Å². The van der Waals surface area contributed by atoms with Crippen LogP contribution in [0.3, 0.4) is 0 Å². The highest BCUT2D eigenvalue weighted by molar-refractivity contribution is 5.82. The summed E-state index contributed by atoms with van der Waals surface area (Å²) in [5.41, 5.74) is 0.134. The van der Waals surface area contributed by atoms with Crippen molar-refractivity contribution in [3.63, 3.8) is 0 Å².